The number of halogens is 1. The van der Waals surface area contributed by atoms with Crippen LogP contribution in [0, 0.1) is 0 Å². The number of methoxy groups -OCH3 is 2. The molecule has 7 nitrogen and oxygen atoms in total. The van der Waals surface area contributed by atoms with E-state index in [-0.39, 0.29) is 22.6 Å². The summed E-state index contributed by atoms with van der Waals surface area (Å²) in [5, 5.41) is 11.8. The van der Waals surface area contributed by atoms with Gasteiger partial charge >= 0.3 is 0 Å². The van der Waals surface area contributed by atoms with Crippen molar-refractivity contribution in [2.45, 2.75) is 13.0 Å². The molecule has 0 aliphatic carbocycles. The zero-order chi connectivity index (χ0) is 25.1. The number of rotatable bonds is 7. The number of anilines is 1. The minimum atomic E-state index is -0.930. The number of aliphatic hydroxyl groups is 1. The van der Waals surface area contributed by atoms with Crippen molar-refractivity contribution in [3.05, 3.63) is 88.5 Å². The Labute approximate surface area is 208 Å². The number of hydrogen-bond donors (Lipinski definition) is 1. The molecule has 0 aromatic heterocycles. The molecule has 1 heterocycles. The van der Waals surface area contributed by atoms with Gasteiger partial charge in [0.2, 0.25) is 0 Å². The minimum absolute atomic E-state index is 0.0768. The fourth-order valence-corrected chi connectivity index (χ4v) is 4.31. The standard InChI is InChI=1S/C27H24ClNO6/c1-4-35-20-10-5-7-16(13-20)24-23(25(30)21-12-11-19(33-2)15-22(21)34-3)26(31)27(32)29(24)18-9-6-8-17(28)14-18/h5-15,24,30H,4H2,1-3H3/b25-23+. The molecule has 3 aromatic carbocycles. The van der Waals surface area contributed by atoms with Crippen molar-refractivity contribution >= 4 is 34.7 Å². The predicted molar refractivity (Wildman–Crippen MR) is 133 cm³/mol. The highest BCUT2D eigenvalue weighted by Gasteiger charge is 2.47. The summed E-state index contributed by atoms with van der Waals surface area (Å²) < 4.78 is 16.3. The van der Waals surface area contributed by atoms with Crippen molar-refractivity contribution in [2.75, 3.05) is 25.7 Å². The van der Waals surface area contributed by atoms with Gasteiger partial charge in [0.25, 0.3) is 11.7 Å². The summed E-state index contributed by atoms with van der Waals surface area (Å²) in [4.78, 5) is 28.0. The van der Waals surface area contributed by atoms with Gasteiger partial charge in [-0.1, -0.05) is 29.8 Å². The molecule has 1 unspecified atom stereocenters. The van der Waals surface area contributed by atoms with Crippen molar-refractivity contribution in [3.8, 4) is 17.2 Å². The van der Waals surface area contributed by atoms with Crippen LogP contribution in [0.4, 0.5) is 5.69 Å². The number of benzene rings is 3. The summed E-state index contributed by atoms with van der Waals surface area (Å²) in [7, 11) is 2.95. The highest BCUT2D eigenvalue weighted by atomic mass is 35.5. The van der Waals surface area contributed by atoms with Gasteiger partial charge in [0.1, 0.15) is 23.0 Å². The number of carbonyl (C=O) groups is 2. The molecule has 8 heteroatoms. The van der Waals surface area contributed by atoms with Gasteiger partial charge in [-0.25, -0.2) is 0 Å². The van der Waals surface area contributed by atoms with E-state index >= 15 is 0 Å². The van der Waals surface area contributed by atoms with Crippen molar-refractivity contribution in [2.24, 2.45) is 0 Å². The van der Waals surface area contributed by atoms with Gasteiger partial charge in [-0.05, 0) is 55.0 Å². The van der Waals surface area contributed by atoms with Crippen LogP contribution in [0.2, 0.25) is 5.02 Å². The monoisotopic (exact) mass is 493 g/mol. The van der Waals surface area contributed by atoms with Gasteiger partial charge in [-0.3, -0.25) is 14.5 Å². The Morgan fingerprint density at radius 3 is 2.43 bits per heavy atom. The Kier molecular flexibility index (Phi) is 6.98. The maximum Gasteiger partial charge on any atom is 0.300 e. The third-order valence-electron chi connectivity index (χ3n) is 5.68. The quantitative estimate of drug-likeness (QED) is 0.270. The molecule has 35 heavy (non-hydrogen) atoms. The average Bonchev–Trinajstić information content (AvgIpc) is 3.14. The van der Waals surface area contributed by atoms with Gasteiger partial charge in [-0.2, -0.15) is 0 Å². The second-order valence-corrected chi connectivity index (χ2v) is 8.16. The second-order valence-electron chi connectivity index (χ2n) is 7.72. The van der Waals surface area contributed by atoms with Gasteiger partial charge < -0.3 is 19.3 Å². The molecule has 4 rings (SSSR count). The van der Waals surface area contributed by atoms with Crippen LogP contribution < -0.4 is 19.1 Å². The van der Waals surface area contributed by atoms with Crippen LogP contribution in [0.25, 0.3) is 5.76 Å². The summed E-state index contributed by atoms with van der Waals surface area (Å²) in [5.74, 6) is -0.598. The molecule has 180 valence electrons. The fraction of sp³-hybridized carbons (Fsp3) is 0.185. The Morgan fingerprint density at radius 2 is 1.74 bits per heavy atom. The van der Waals surface area contributed by atoms with E-state index in [4.69, 9.17) is 25.8 Å². The largest absolute Gasteiger partial charge is 0.507 e. The molecular formula is C27H24ClNO6. The van der Waals surface area contributed by atoms with Gasteiger partial charge in [0, 0.05) is 16.8 Å². The third kappa shape index (κ3) is 4.55. The summed E-state index contributed by atoms with van der Waals surface area (Å²) in [5.41, 5.74) is 1.19. The first kappa shape index (κ1) is 24.2. The van der Waals surface area contributed by atoms with E-state index in [9.17, 15) is 14.7 Å². The molecule has 0 radical (unpaired) electrons. The van der Waals surface area contributed by atoms with Crippen LogP contribution in [0.3, 0.4) is 0 Å². The van der Waals surface area contributed by atoms with Gasteiger partial charge in [0.15, 0.2) is 0 Å². The predicted octanol–water partition coefficient (Wildman–Crippen LogP) is 5.38. The molecule has 0 spiro atoms. The number of nitrogens with zero attached hydrogens (tertiary/aromatic N) is 1. The third-order valence-corrected chi connectivity index (χ3v) is 5.91. The minimum Gasteiger partial charge on any atom is -0.507 e. The highest BCUT2D eigenvalue weighted by Crippen LogP contribution is 2.44. The molecule has 1 atom stereocenters. The van der Waals surface area contributed by atoms with Crippen LogP contribution in [0.1, 0.15) is 24.1 Å². The summed E-state index contributed by atoms with van der Waals surface area (Å²) in [6.07, 6.45) is 0. The van der Waals surface area contributed by atoms with Crippen molar-refractivity contribution in [3.63, 3.8) is 0 Å². The number of hydrogen-bond acceptors (Lipinski definition) is 6. The maximum atomic E-state index is 13.4. The molecule has 0 bridgehead atoms. The number of aliphatic hydroxyl groups excluding tert-OH is 1. The van der Waals surface area contributed by atoms with Crippen molar-refractivity contribution in [1.82, 2.24) is 0 Å². The molecule has 1 amide bonds. The Bertz CT molecular complexity index is 1320. The van der Waals surface area contributed by atoms with E-state index in [0.717, 1.165) is 0 Å². The number of carbonyl (C=O) groups excluding carboxylic acids is 2. The zero-order valence-corrected chi connectivity index (χ0v) is 20.2. The SMILES string of the molecule is CCOc1cccc(C2/C(=C(\O)c3ccc(OC)cc3OC)C(=O)C(=O)N2c2cccc(Cl)c2)c1. The normalized spacial score (nSPS) is 16.9. The molecule has 3 aromatic rings. The van der Waals surface area contributed by atoms with Gasteiger partial charge in [0.05, 0.1) is 38.0 Å². The number of Topliss-reactive ketones (excluding diaryl/α,β-unsaturated/α-hetero) is 1. The lowest BCUT2D eigenvalue weighted by Gasteiger charge is -2.26. The lowest BCUT2D eigenvalue weighted by atomic mass is 9.94. The van der Waals surface area contributed by atoms with E-state index in [1.54, 1.807) is 66.7 Å². The van der Waals surface area contributed by atoms with Crippen molar-refractivity contribution < 1.29 is 28.9 Å². The molecule has 1 saturated heterocycles. The topological polar surface area (TPSA) is 85.3 Å². The Balaban J connectivity index is 1.97. The molecule has 1 fully saturated rings. The Hall–Kier alpha value is -3.97. The first-order chi connectivity index (χ1) is 16.9. The number of ether oxygens (including phenoxy) is 3. The number of amides is 1. The van der Waals surface area contributed by atoms with E-state index in [2.05, 4.69) is 0 Å². The molecule has 1 aliphatic heterocycles. The summed E-state index contributed by atoms with van der Waals surface area (Å²) in [6, 6.07) is 17.6. The first-order valence-corrected chi connectivity index (χ1v) is 11.3. The molecular weight excluding hydrogens is 470 g/mol. The summed E-state index contributed by atoms with van der Waals surface area (Å²) in [6.45, 7) is 2.31. The second kappa shape index (κ2) is 10.1. The molecule has 1 aliphatic rings. The van der Waals surface area contributed by atoms with Crippen molar-refractivity contribution in [1.29, 1.82) is 0 Å². The summed E-state index contributed by atoms with van der Waals surface area (Å²) >= 11 is 6.20. The van der Waals surface area contributed by atoms with Crippen LogP contribution in [-0.2, 0) is 9.59 Å². The lowest BCUT2D eigenvalue weighted by molar-refractivity contribution is -0.132. The van der Waals surface area contributed by atoms with Crippen LogP contribution in [0.15, 0.2) is 72.3 Å². The lowest BCUT2D eigenvalue weighted by Crippen LogP contribution is -2.29. The van der Waals surface area contributed by atoms with Crippen LogP contribution >= 0.6 is 11.6 Å². The zero-order valence-electron chi connectivity index (χ0n) is 19.4. The highest BCUT2D eigenvalue weighted by molar-refractivity contribution is 6.51. The average molecular weight is 494 g/mol. The fourth-order valence-electron chi connectivity index (χ4n) is 4.12. The first-order valence-electron chi connectivity index (χ1n) is 10.9. The van der Waals surface area contributed by atoms with E-state index in [1.807, 2.05) is 6.92 Å². The van der Waals surface area contributed by atoms with Crippen LogP contribution in [-0.4, -0.2) is 37.6 Å². The molecule has 0 saturated carbocycles. The van der Waals surface area contributed by atoms with Gasteiger partial charge in [-0.15, -0.1) is 0 Å². The smallest absolute Gasteiger partial charge is 0.300 e. The van der Waals surface area contributed by atoms with E-state index < -0.39 is 17.7 Å². The molecule has 1 N–H and O–H groups in total. The maximum absolute atomic E-state index is 13.4. The van der Waals surface area contributed by atoms with E-state index in [1.165, 1.54) is 19.1 Å². The van der Waals surface area contributed by atoms with E-state index in [0.29, 0.717) is 34.4 Å². The Morgan fingerprint density at radius 1 is 0.971 bits per heavy atom. The van der Waals surface area contributed by atoms with Crippen LogP contribution in [0.5, 0.6) is 17.2 Å². The number of ketones is 1.